The predicted molar refractivity (Wildman–Crippen MR) is 116 cm³/mol. The fourth-order valence-corrected chi connectivity index (χ4v) is 4.68. The highest BCUT2D eigenvalue weighted by Crippen LogP contribution is 2.21. The Hall–Kier alpha value is -3.24. The number of anilines is 1. The number of carbonyl (C=O) groups excluding carboxylic acids is 3. The fourth-order valence-electron chi connectivity index (χ4n) is 3.16. The molecule has 32 heavy (non-hydrogen) atoms. The lowest BCUT2D eigenvalue weighted by Crippen LogP contribution is -2.27. The van der Waals surface area contributed by atoms with Gasteiger partial charge in [0.1, 0.15) is 0 Å². The molecule has 1 aliphatic heterocycles. The van der Waals surface area contributed by atoms with Gasteiger partial charge in [-0.15, -0.1) is 0 Å². The molecule has 1 N–H and O–H groups in total. The van der Waals surface area contributed by atoms with Crippen molar-refractivity contribution in [3.05, 3.63) is 59.7 Å². The summed E-state index contributed by atoms with van der Waals surface area (Å²) in [5.41, 5.74) is 0.895. The summed E-state index contributed by atoms with van der Waals surface area (Å²) in [6, 6.07) is 11.5. The van der Waals surface area contributed by atoms with E-state index in [1.165, 1.54) is 52.8 Å². The first-order valence-corrected chi connectivity index (χ1v) is 11.6. The summed E-state index contributed by atoms with van der Waals surface area (Å²) in [5, 5.41) is 2.50. The SMILES string of the molecule is CCOC(=O)Nc1ccc(C(=O)OCC(=O)c2ccc(S(=O)(=O)N3CCCC3)cc2)cc1. The maximum atomic E-state index is 12.5. The van der Waals surface area contributed by atoms with E-state index in [1.807, 2.05) is 0 Å². The van der Waals surface area contributed by atoms with Gasteiger partial charge in [0.2, 0.25) is 10.0 Å². The molecule has 10 heteroatoms. The summed E-state index contributed by atoms with van der Waals surface area (Å²) in [7, 11) is -3.55. The van der Waals surface area contributed by atoms with E-state index in [1.54, 1.807) is 6.92 Å². The Balaban J connectivity index is 1.55. The molecule has 170 valence electrons. The number of nitrogens with one attached hydrogen (secondary N) is 1. The summed E-state index contributed by atoms with van der Waals surface area (Å²) in [4.78, 5) is 36.0. The van der Waals surface area contributed by atoms with Crippen molar-refractivity contribution in [2.24, 2.45) is 0 Å². The third-order valence-corrected chi connectivity index (χ3v) is 6.77. The maximum absolute atomic E-state index is 12.5. The normalized spacial score (nSPS) is 14.0. The van der Waals surface area contributed by atoms with Gasteiger partial charge in [-0.3, -0.25) is 10.1 Å². The number of benzene rings is 2. The Kier molecular flexibility index (Phi) is 7.60. The number of nitrogens with zero attached hydrogens (tertiary/aromatic N) is 1. The summed E-state index contributed by atoms with van der Waals surface area (Å²) in [6.07, 6.45) is 1.07. The molecule has 9 nitrogen and oxygen atoms in total. The van der Waals surface area contributed by atoms with Crippen LogP contribution < -0.4 is 5.32 Å². The zero-order chi connectivity index (χ0) is 23.1. The van der Waals surface area contributed by atoms with E-state index in [-0.39, 0.29) is 22.6 Å². The van der Waals surface area contributed by atoms with Gasteiger partial charge in [0.05, 0.1) is 17.1 Å². The van der Waals surface area contributed by atoms with Crippen LogP contribution in [0.25, 0.3) is 0 Å². The first-order chi connectivity index (χ1) is 15.3. The molecule has 1 saturated heterocycles. The molecule has 0 atom stereocenters. The summed E-state index contributed by atoms with van der Waals surface area (Å²) >= 11 is 0. The molecule has 2 aromatic carbocycles. The van der Waals surface area contributed by atoms with Crippen LogP contribution in [0.1, 0.15) is 40.5 Å². The number of carbonyl (C=O) groups is 3. The largest absolute Gasteiger partial charge is 0.454 e. The summed E-state index contributed by atoms with van der Waals surface area (Å²) in [6.45, 7) is 2.43. The van der Waals surface area contributed by atoms with Gasteiger partial charge < -0.3 is 9.47 Å². The maximum Gasteiger partial charge on any atom is 0.411 e. The average Bonchev–Trinajstić information content (AvgIpc) is 3.34. The molecule has 3 rings (SSSR count). The van der Waals surface area contributed by atoms with Crippen LogP contribution >= 0.6 is 0 Å². The third-order valence-electron chi connectivity index (χ3n) is 4.86. The Morgan fingerprint density at radius 3 is 2.09 bits per heavy atom. The van der Waals surface area contributed by atoms with E-state index in [9.17, 15) is 22.8 Å². The van der Waals surface area contributed by atoms with Gasteiger partial charge >= 0.3 is 12.1 Å². The number of esters is 1. The Bertz CT molecular complexity index is 1070. The zero-order valence-corrected chi connectivity index (χ0v) is 18.4. The highest BCUT2D eigenvalue weighted by Gasteiger charge is 2.27. The zero-order valence-electron chi connectivity index (χ0n) is 17.6. The van der Waals surface area contributed by atoms with E-state index in [2.05, 4.69) is 5.32 Å². The lowest BCUT2D eigenvalue weighted by atomic mass is 10.1. The van der Waals surface area contributed by atoms with Crippen LogP contribution in [0, 0.1) is 0 Å². The number of hydrogen-bond donors (Lipinski definition) is 1. The van der Waals surface area contributed by atoms with Crippen molar-refractivity contribution >= 4 is 33.6 Å². The van der Waals surface area contributed by atoms with E-state index >= 15 is 0 Å². The highest BCUT2D eigenvalue weighted by molar-refractivity contribution is 7.89. The van der Waals surface area contributed by atoms with Crippen molar-refractivity contribution in [1.82, 2.24) is 4.31 Å². The molecule has 0 saturated carbocycles. The molecule has 0 radical (unpaired) electrons. The second kappa shape index (κ2) is 10.4. The molecule has 0 bridgehead atoms. The van der Waals surface area contributed by atoms with Crippen molar-refractivity contribution in [3.8, 4) is 0 Å². The van der Waals surface area contributed by atoms with Crippen LogP contribution in [0.2, 0.25) is 0 Å². The van der Waals surface area contributed by atoms with Crippen molar-refractivity contribution in [3.63, 3.8) is 0 Å². The number of sulfonamides is 1. The van der Waals surface area contributed by atoms with Gasteiger partial charge in [0, 0.05) is 24.3 Å². The number of Topliss-reactive ketones (excluding diaryl/α,β-unsaturated/α-hetero) is 1. The van der Waals surface area contributed by atoms with Gasteiger partial charge in [-0.05, 0) is 68.3 Å². The molecule has 0 spiro atoms. The number of amides is 1. The van der Waals surface area contributed by atoms with Gasteiger partial charge in [-0.2, -0.15) is 4.31 Å². The number of ketones is 1. The smallest absolute Gasteiger partial charge is 0.411 e. The van der Waals surface area contributed by atoms with Crippen molar-refractivity contribution in [1.29, 1.82) is 0 Å². The summed E-state index contributed by atoms with van der Waals surface area (Å²) < 4.78 is 36.3. The minimum atomic E-state index is -3.55. The van der Waals surface area contributed by atoms with E-state index in [4.69, 9.17) is 9.47 Å². The molecule has 1 heterocycles. The van der Waals surface area contributed by atoms with Gasteiger partial charge in [-0.1, -0.05) is 0 Å². The number of ether oxygens (including phenoxy) is 2. The predicted octanol–water partition coefficient (Wildman–Crippen LogP) is 3.08. The average molecular weight is 461 g/mol. The number of rotatable bonds is 8. The minimum absolute atomic E-state index is 0.129. The molecule has 1 fully saturated rings. The van der Waals surface area contributed by atoms with Crippen LogP contribution in [0.4, 0.5) is 10.5 Å². The first kappa shape index (κ1) is 23.4. The highest BCUT2D eigenvalue weighted by atomic mass is 32.2. The van der Waals surface area contributed by atoms with Crippen molar-refractivity contribution in [2.45, 2.75) is 24.7 Å². The van der Waals surface area contributed by atoms with Gasteiger partial charge in [0.25, 0.3) is 0 Å². The van der Waals surface area contributed by atoms with Gasteiger partial charge in [-0.25, -0.2) is 18.0 Å². The lowest BCUT2D eigenvalue weighted by Gasteiger charge is -2.15. The second-order valence-electron chi connectivity index (χ2n) is 7.06. The van der Waals surface area contributed by atoms with Crippen molar-refractivity contribution in [2.75, 3.05) is 31.6 Å². The quantitative estimate of drug-likeness (QED) is 0.475. The van der Waals surface area contributed by atoms with Crippen LogP contribution in [0.3, 0.4) is 0 Å². The Morgan fingerprint density at radius 1 is 0.906 bits per heavy atom. The molecule has 0 unspecified atom stereocenters. The monoisotopic (exact) mass is 460 g/mol. The van der Waals surface area contributed by atoms with Gasteiger partial charge in [0.15, 0.2) is 12.4 Å². The molecule has 0 aliphatic carbocycles. The standard InChI is InChI=1S/C22H24N2O7S/c1-2-30-22(27)23-18-9-5-17(6-10-18)21(26)31-15-20(25)16-7-11-19(12-8-16)32(28,29)24-13-3-4-14-24/h5-12H,2-4,13-15H2,1H3,(H,23,27). The third kappa shape index (κ3) is 5.71. The summed E-state index contributed by atoms with van der Waals surface area (Å²) in [5.74, 6) is -1.15. The second-order valence-corrected chi connectivity index (χ2v) is 9.00. The minimum Gasteiger partial charge on any atom is -0.454 e. The topological polar surface area (TPSA) is 119 Å². The Labute approximate surface area is 186 Å². The molecule has 1 amide bonds. The Morgan fingerprint density at radius 2 is 1.50 bits per heavy atom. The van der Waals surface area contributed by atoms with Crippen LogP contribution in [-0.4, -0.2) is 56.9 Å². The van der Waals surface area contributed by atoms with Crippen LogP contribution in [0.5, 0.6) is 0 Å². The lowest BCUT2D eigenvalue weighted by molar-refractivity contribution is 0.0475. The van der Waals surface area contributed by atoms with E-state index in [0.29, 0.717) is 18.8 Å². The molecular weight excluding hydrogens is 436 g/mol. The molecule has 1 aliphatic rings. The first-order valence-electron chi connectivity index (χ1n) is 10.2. The molecule has 2 aromatic rings. The molecular formula is C22H24N2O7S. The molecule has 0 aromatic heterocycles. The van der Waals surface area contributed by atoms with Crippen LogP contribution in [0.15, 0.2) is 53.4 Å². The van der Waals surface area contributed by atoms with Crippen molar-refractivity contribution < 1.29 is 32.3 Å². The van der Waals surface area contributed by atoms with E-state index < -0.39 is 34.5 Å². The van der Waals surface area contributed by atoms with E-state index in [0.717, 1.165) is 12.8 Å². The number of hydrogen-bond acceptors (Lipinski definition) is 7. The van der Waals surface area contributed by atoms with Crippen LogP contribution in [-0.2, 0) is 19.5 Å². The fraction of sp³-hybridized carbons (Fsp3) is 0.318.